The molecule has 0 atom stereocenters. The van der Waals surface area contributed by atoms with E-state index in [1.54, 1.807) is 25.3 Å². The molecule has 0 saturated carbocycles. The summed E-state index contributed by atoms with van der Waals surface area (Å²) in [6, 6.07) is 4.82. The van der Waals surface area contributed by atoms with E-state index in [-0.39, 0.29) is 17.3 Å². The fourth-order valence-corrected chi connectivity index (χ4v) is 2.73. The number of nitrogens with one attached hydrogen (secondary N) is 2. The molecular weight excluding hydrogens is 288 g/mol. The molecule has 110 valence electrons. The number of hydrogen-bond acceptors (Lipinski definition) is 4. The first kappa shape index (κ1) is 18.2. The average molecular weight is 309 g/mol. The summed E-state index contributed by atoms with van der Waals surface area (Å²) in [4.78, 5) is 0.269. The normalized spacial score (nSPS) is 10.9. The molecule has 0 unspecified atom stereocenters. The Kier molecular flexibility index (Phi) is 8.01. The smallest absolute Gasteiger partial charge is 0.240 e. The third-order valence-corrected chi connectivity index (χ3v) is 4.03. The van der Waals surface area contributed by atoms with Gasteiger partial charge in [-0.1, -0.05) is 0 Å². The minimum atomic E-state index is -3.42. The van der Waals surface area contributed by atoms with E-state index < -0.39 is 10.0 Å². The Morgan fingerprint density at radius 1 is 1.26 bits per heavy atom. The molecule has 0 aliphatic carbocycles. The van der Waals surface area contributed by atoms with Crippen LogP contribution in [0.4, 0.5) is 0 Å². The van der Waals surface area contributed by atoms with E-state index in [0.29, 0.717) is 12.3 Å². The molecule has 1 rings (SSSR count). The van der Waals surface area contributed by atoms with Crippen LogP contribution in [0.25, 0.3) is 0 Å². The molecule has 5 nitrogen and oxygen atoms in total. The Morgan fingerprint density at radius 3 is 2.47 bits per heavy atom. The fraction of sp³-hybridized carbons (Fsp3) is 0.500. The Labute approximate surface area is 121 Å². The zero-order chi connectivity index (χ0) is 13.6. The van der Waals surface area contributed by atoms with Gasteiger partial charge in [-0.25, -0.2) is 13.1 Å². The van der Waals surface area contributed by atoms with Crippen molar-refractivity contribution in [3.05, 3.63) is 23.8 Å². The number of ether oxygens (including phenoxy) is 1. The molecule has 1 aromatic carbocycles. The van der Waals surface area contributed by atoms with Crippen LogP contribution in [-0.2, 0) is 10.0 Å². The Balaban J connectivity index is 0.00000324. The van der Waals surface area contributed by atoms with E-state index in [4.69, 9.17) is 4.74 Å². The van der Waals surface area contributed by atoms with Gasteiger partial charge in [-0.15, -0.1) is 12.4 Å². The van der Waals surface area contributed by atoms with Crippen LogP contribution in [0.15, 0.2) is 23.1 Å². The molecule has 0 heterocycles. The quantitative estimate of drug-likeness (QED) is 0.745. The zero-order valence-electron chi connectivity index (χ0n) is 11.4. The van der Waals surface area contributed by atoms with Crippen molar-refractivity contribution in [2.45, 2.75) is 18.2 Å². The third kappa shape index (κ3) is 5.36. The lowest BCUT2D eigenvalue weighted by molar-refractivity contribution is 0.411. The monoisotopic (exact) mass is 308 g/mol. The second-order valence-electron chi connectivity index (χ2n) is 3.99. The molecular formula is C12H21ClN2O3S. The summed E-state index contributed by atoms with van der Waals surface area (Å²) < 4.78 is 31.6. The topological polar surface area (TPSA) is 67.4 Å². The molecule has 0 saturated heterocycles. The third-order valence-electron chi connectivity index (χ3n) is 2.57. The van der Waals surface area contributed by atoms with Gasteiger partial charge in [-0.2, -0.15) is 0 Å². The van der Waals surface area contributed by atoms with Crippen molar-refractivity contribution in [1.29, 1.82) is 0 Å². The van der Waals surface area contributed by atoms with Gasteiger partial charge < -0.3 is 10.1 Å². The van der Waals surface area contributed by atoms with Gasteiger partial charge in [-0.3, -0.25) is 0 Å². The van der Waals surface area contributed by atoms with Gasteiger partial charge in [0.15, 0.2) is 0 Å². The second-order valence-corrected chi connectivity index (χ2v) is 5.75. The molecule has 7 heteroatoms. The van der Waals surface area contributed by atoms with Crippen LogP contribution in [0.5, 0.6) is 5.75 Å². The fourth-order valence-electron chi connectivity index (χ4n) is 1.57. The van der Waals surface area contributed by atoms with Crippen molar-refractivity contribution in [3.63, 3.8) is 0 Å². The number of halogens is 1. The summed E-state index contributed by atoms with van der Waals surface area (Å²) in [6.45, 7) is 3.03. The van der Waals surface area contributed by atoms with Gasteiger partial charge in [0, 0.05) is 6.54 Å². The maximum absolute atomic E-state index is 12.0. The highest BCUT2D eigenvalue weighted by Crippen LogP contribution is 2.21. The van der Waals surface area contributed by atoms with Crippen molar-refractivity contribution in [2.75, 3.05) is 27.2 Å². The SMILES string of the molecule is CNCCCNS(=O)(=O)c1ccc(OC)c(C)c1.Cl. The predicted molar refractivity (Wildman–Crippen MR) is 78.7 cm³/mol. The molecule has 1 aromatic rings. The molecule has 0 fully saturated rings. The molecule has 0 aromatic heterocycles. The van der Waals surface area contributed by atoms with Crippen molar-refractivity contribution < 1.29 is 13.2 Å². The molecule has 0 bridgehead atoms. The van der Waals surface area contributed by atoms with E-state index in [1.165, 1.54) is 0 Å². The van der Waals surface area contributed by atoms with Gasteiger partial charge in [0.25, 0.3) is 0 Å². The molecule has 2 N–H and O–H groups in total. The van der Waals surface area contributed by atoms with E-state index in [1.807, 2.05) is 14.0 Å². The number of rotatable bonds is 7. The second kappa shape index (κ2) is 8.37. The van der Waals surface area contributed by atoms with Crippen LogP contribution < -0.4 is 14.8 Å². The Bertz CT molecular complexity index is 492. The summed E-state index contributed by atoms with van der Waals surface area (Å²) >= 11 is 0. The first-order valence-electron chi connectivity index (χ1n) is 5.80. The minimum absolute atomic E-state index is 0. The Hall–Kier alpha value is -0.820. The van der Waals surface area contributed by atoms with Crippen LogP contribution in [0.1, 0.15) is 12.0 Å². The highest BCUT2D eigenvalue weighted by molar-refractivity contribution is 7.89. The number of hydrogen-bond donors (Lipinski definition) is 2. The largest absolute Gasteiger partial charge is 0.496 e. The first-order valence-corrected chi connectivity index (χ1v) is 7.28. The van der Waals surface area contributed by atoms with Crippen molar-refractivity contribution in [3.8, 4) is 5.75 Å². The lowest BCUT2D eigenvalue weighted by Gasteiger charge is -2.09. The zero-order valence-corrected chi connectivity index (χ0v) is 13.0. The van der Waals surface area contributed by atoms with E-state index in [2.05, 4.69) is 10.0 Å². The lowest BCUT2D eigenvalue weighted by Crippen LogP contribution is -2.26. The summed E-state index contributed by atoms with van der Waals surface area (Å²) in [6.07, 6.45) is 0.755. The maximum atomic E-state index is 12.0. The number of benzene rings is 1. The summed E-state index contributed by atoms with van der Waals surface area (Å²) in [7, 11) is -0.0249. The van der Waals surface area contributed by atoms with E-state index in [9.17, 15) is 8.42 Å². The molecule has 0 amide bonds. The Morgan fingerprint density at radius 2 is 1.95 bits per heavy atom. The number of aryl methyl sites for hydroxylation is 1. The molecule has 0 radical (unpaired) electrons. The van der Waals surface area contributed by atoms with Crippen molar-refractivity contribution in [1.82, 2.24) is 10.0 Å². The lowest BCUT2D eigenvalue weighted by atomic mass is 10.2. The molecule has 0 spiro atoms. The van der Waals surface area contributed by atoms with Gasteiger partial charge in [-0.05, 0) is 50.7 Å². The summed E-state index contributed by atoms with van der Waals surface area (Å²) in [5.74, 6) is 0.684. The number of methoxy groups -OCH3 is 1. The van der Waals surface area contributed by atoms with E-state index >= 15 is 0 Å². The van der Waals surface area contributed by atoms with Crippen molar-refractivity contribution in [2.24, 2.45) is 0 Å². The minimum Gasteiger partial charge on any atom is -0.496 e. The maximum Gasteiger partial charge on any atom is 0.240 e. The van der Waals surface area contributed by atoms with Crippen LogP contribution in [0, 0.1) is 6.92 Å². The molecule has 19 heavy (non-hydrogen) atoms. The average Bonchev–Trinajstić information content (AvgIpc) is 2.34. The molecule has 0 aliphatic heterocycles. The standard InChI is InChI=1S/C12H20N2O3S.ClH/c1-10-9-11(5-6-12(10)17-3)18(15,16)14-8-4-7-13-2;/h5-6,9,13-14H,4,7-8H2,1-3H3;1H. The van der Waals surface area contributed by atoms with Crippen LogP contribution >= 0.6 is 12.4 Å². The summed E-state index contributed by atoms with van der Waals surface area (Å²) in [5, 5.41) is 2.97. The van der Waals surface area contributed by atoms with Gasteiger partial charge in [0.1, 0.15) is 5.75 Å². The van der Waals surface area contributed by atoms with Gasteiger partial charge >= 0.3 is 0 Å². The van der Waals surface area contributed by atoms with Gasteiger partial charge in [0.2, 0.25) is 10.0 Å². The first-order chi connectivity index (χ1) is 8.51. The summed E-state index contributed by atoms with van der Waals surface area (Å²) in [5.41, 5.74) is 0.801. The highest BCUT2D eigenvalue weighted by atomic mass is 35.5. The van der Waals surface area contributed by atoms with E-state index in [0.717, 1.165) is 18.5 Å². The predicted octanol–water partition coefficient (Wildman–Crippen LogP) is 1.31. The van der Waals surface area contributed by atoms with Crippen molar-refractivity contribution >= 4 is 22.4 Å². The number of sulfonamides is 1. The van der Waals surface area contributed by atoms with Gasteiger partial charge in [0.05, 0.1) is 12.0 Å². The molecule has 0 aliphatic rings. The van der Waals surface area contributed by atoms with Crippen LogP contribution in [0.3, 0.4) is 0 Å². The van der Waals surface area contributed by atoms with Crippen LogP contribution in [0.2, 0.25) is 0 Å². The highest BCUT2D eigenvalue weighted by Gasteiger charge is 2.14. The van der Waals surface area contributed by atoms with Crippen LogP contribution in [-0.4, -0.2) is 35.7 Å².